The zero-order chi connectivity index (χ0) is 8.53. The maximum absolute atomic E-state index is 9.87. The second kappa shape index (κ2) is 12.1. The molecule has 0 heterocycles. The fourth-order valence-corrected chi connectivity index (χ4v) is 1.09. The molecular weight excluding hydrogens is 187 g/mol. The van der Waals surface area contributed by atoms with Crippen LogP contribution in [0.25, 0.3) is 0 Å². The predicted octanol–water partition coefficient (Wildman–Crippen LogP) is -1.12. The molecule has 1 atom stereocenters. The van der Waals surface area contributed by atoms with Crippen molar-refractivity contribution in [2.24, 2.45) is 0 Å². The Kier molecular flexibility index (Phi) is 15.6. The summed E-state index contributed by atoms with van der Waals surface area (Å²) in [5.41, 5.74) is 0. The maximum atomic E-state index is 9.87. The van der Waals surface area contributed by atoms with Gasteiger partial charge in [-0.3, -0.25) is 0 Å². The van der Waals surface area contributed by atoms with E-state index < -0.39 is 11.4 Å². The summed E-state index contributed by atoms with van der Waals surface area (Å²) in [6, 6.07) is 0. The van der Waals surface area contributed by atoms with Crippen LogP contribution in [0.4, 0.5) is 0 Å². The van der Waals surface area contributed by atoms with Gasteiger partial charge in [-0.1, -0.05) is 32.6 Å². The zero-order valence-electron chi connectivity index (χ0n) is 8.88. The Morgan fingerprint density at radius 3 is 2.42 bits per heavy atom. The number of rotatable bonds is 7. The van der Waals surface area contributed by atoms with Crippen molar-refractivity contribution >= 4 is 11.4 Å². The molecule has 5 heteroatoms. The molecule has 0 spiro atoms. The molecule has 12 heavy (non-hydrogen) atoms. The molecule has 0 amide bonds. The van der Waals surface area contributed by atoms with Crippen molar-refractivity contribution in [3.8, 4) is 0 Å². The molecule has 0 aliphatic carbocycles. The third-order valence-corrected chi connectivity index (χ3v) is 1.79. The summed E-state index contributed by atoms with van der Waals surface area (Å²) in [6.07, 6.45) is 5.50. The van der Waals surface area contributed by atoms with Crippen LogP contribution in [0.3, 0.4) is 0 Å². The third kappa shape index (κ3) is 13.6. The van der Waals surface area contributed by atoms with E-state index in [4.69, 9.17) is 0 Å². The predicted molar refractivity (Wildman–Crippen MR) is 44.7 cm³/mol. The molecular formula is C7H16NaO3S-. The Balaban J connectivity index is -0.000000500. The normalized spacial score (nSPS) is 12.2. The molecule has 0 N–H and O–H groups in total. The van der Waals surface area contributed by atoms with E-state index in [1.807, 2.05) is 0 Å². The molecule has 70 valence electrons. The average Bonchev–Trinajstić information content (AvgIpc) is 1.96. The SMILES string of the molecule is CCCCCCCOS(=O)[O-].[H-].[Na+]. The van der Waals surface area contributed by atoms with Gasteiger partial charge in [0.05, 0.1) is 18.0 Å². The third-order valence-electron chi connectivity index (χ3n) is 1.43. The van der Waals surface area contributed by atoms with E-state index in [0.717, 1.165) is 12.8 Å². The minimum Gasteiger partial charge on any atom is -1.00 e. The second-order valence-corrected chi connectivity index (χ2v) is 3.08. The summed E-state index contributed by atoms with van der Waals surface area (Å²) in [7, 11) is 0. The standard InChI is InChI=1S/C7H16O3S.Na.H/c1-2-3-4-5-6-7-10-11(8)9;;/h2-7H2,1H3,(H,8,9);;/q;+1;-1/p-1. The van der Waals surface area contributed by atoms with Gasteiger partial charge in [-0.2, -0.15) is 0 Å². The van der Waals surface area contributed by atoms with Crippen LogP contribution in [-0.4, -0.2) is 15.4 Å². The van der Waals surface area contributed by atoms with Crippen molar-refractivity contribution in [2.75, 3.05) is 6.61 Å². The number of hydrogen-bond donors (Lipinski definition) is 0. The van der Waals surface area contributed by atoms with Gasteiger partial charge < -0.3 is 10.2 Å². The van der Waals surface area contributed by atoms with E-state index >= 15 is 0 Å². The summed E-state index contributed by atoms with van der Waals surface area (Å²) < 4.78 is 24.1. The van der Waals surface area contributed by atoms with Crippen LogP contribution < -0.4 is 29.6 Å². The molecule has 3 nitrogen and oxygen atoms in total. The Labute approximate surface area is 101 Å². The first-order valence-corrected chi connectivity index (χ1v) is 5.00. The minimum atomic E-state index is -2.32. The van der Waals surface area contributed by atoms with E-state index in [0.29, 0.717) is 6.61 Å². The first kappa shape index (κ1) is 15.5. The smallest absolute Gasteiger partial charge is 1.00 e. The number of hydrogen-bond acceptors (Lipinski definition) is 3. The summed E-state index contributed by atoms with van der Waals surface area (Å²) in [5, 5.41) is 0. The zero-order valence-corrected chi connectivity index (χ0v) is 10.7. The van der Waals surface area contributed by atoms with E-state index in [2.05, 4.69) is 11.1 Å². The van der Waals surface area contributed by atoms with Crippen molar-refractivity contribution in [1.82, 2.24) is 0 Å². The average molecular weight is 203 g/mol. The first-order chi connectivity index (χ1) is 5.27. The molecule has 0 aromatic carbocycles. The van der Waals surface area contributed by atoms with Gasteiger partial charge in [0, 0.05) is 0 Å². The van der Waals surface area contributed by atoms with Crippen molar-refractivity contribution < 1.29 is 43.9 Å². The molecule has 0 radical (unpaired) electrons. The largest absolute Gasteiger partial charge is 1.00 e. The van der Waals surface area contributed by atoms with Crippen LogP contribution in [0.15, 0.2) is 0 Å². The first-order valence-electron chi connectivity index (χ1n) is 4.00. The summed E-state index contributed by atoms with van der Waals surface area (Å²) >= 11 is -2.32. The van der Waals surface area contributed by atoms with Crippen LogP contribution in [0, 0.1) is 0 Å². The Hall–Kier alpha value is 1.07. The molecule has 0 aliphatic rings. The van der Waals surface area contributed by atoms with E-state index in [1.165, 1.54) is 19.3 Å². The van der Waals surface area contributed by atoms with Gasteiger partial charge in [0.2, 0.25) is 0 Å². The number of unbranched alkanes of at least 4 members (excludes halogenated alkanes) is 4. The van der Waals surface area contributed by atoms with Crippen molar-refractivity contribution in [1.29, 1.82) is 0 Å². The molecule has 0 saturated carbocycles. The molecule has 0 aromatic heterocycles. The van der Waals surface area contributed by atoms with Crippen LogP contribution in [0.2, 0.25) is 0 Å². The van der Waals surface area contributed by atoms with Gasteiger partial charge in [-0.15, -0.1) is 0 Å². The van der Waals surface area contributed by atoms with Gasteiger partial charge in [-0.25, -0.2) is 4.21 Å². The van der Waals surface area contributed by atoms with Gasteiger partial charge in [0.15, 0.2) is 0 Å². The van der Waals surface area contributed by atoms with E-state index in [9.17, 15) is 8.76 Å². The van der Waals surface area contributed by atoms with E-state index in [1.54, 1.807) is 0 Å². The quantitative estimate of drug-likeness (QED) is 0.299. The Morgan fingerprint density at radius 1 is 1.33 bits per heavy atom. The minimum absolute atomic E-state index is 0. The molecule has 0 bridgehead atoms. The summed E-state index contributed by atoms with van der Waals surface area (Å²) in [5.74, 6) is 0. The van der Waals surface area contributed by atoms with Crippen LogP contribution in [-0.2, 0) is 15.5 Å². The van der Waals surface area contributed by atoms with Crippen molar-refractivity contribution in [3.05, 3.63) is 0 Å². The van der Waals surface area contributed by atoms with Gasteiger partial charge in [0.25, 0.3) is 0 Å². The van der Waals surface area contributed by atoms with Crippen LogP contribution >= 0.6 is 0 Å². The molecule has 0 fully saturated rings. The van der Waals surface area contributed by atoms with Crippen LogP contribution in [0.5, 0.6) is 0 Å². The van der Waals surface area contributed by atoms with E-state index in [-0.39, 0.29) is 31.0 Å². The van der Waals surface area contributed by atoms with Crippen molar-refractivity contribution in [3.63, 3.8) is 0 Å². The van der Waals surface area contributed by atoms with Gasteiger partial charge in [0.1, 0.15) is 0 Å². The second-order valence-electron chi connectivity index (χ2n) is 2.44. The maximum Gasteiger partial charge on any atom is 1.00 e. The summed E-state index contributed by atoms with van der Waals surface area (Å²) in [4.78, 5) is 0. The molecule has 0 rings (SSSR count). The monoisotopic (exact) mass is 203 g/mol. The fourth-order valence-electron chi connectivity index (χ4n) is 0.833. The fraction of sp³-hybridized carbons (Fsp3) is 1.00. The van der Waals surface area contributed by atoms with Gasteiger partial charge in [-0.05, 0) is 6.42 Å². The molecule has 0 aliphatic heterocycles. The molecule has 1 unspecified atom stereocenters. The van der Waals surface area contributed by atoms with Crippen LogP contribution in [0.1, 0.15) is 40.5 Å². The Bertz CT molecular complexity index is 116. The molecule has 0 aromatic rings. The van der Waals surface area contributed by atoms with Gasteiger partial charge >= 0.3 is 29.6 Å². The van der Waals surface area contributed by atoms with Crippen molar-refractivity contribution in [2.45, 2.75) is 39.0 Å². The topological polar surface area (TPSA) is 49.4 Å². The molecule has 0 saturated heterocycles. The Morgan fingerprint density at radius 2 is 1.92 bits per heavy atom. The summed E-state index contributed by atoms with van der Waals surface area (Å²) in [6.45, 7) is 2.48.